The Bertz CT molecular complexity index is 477. The third kappa shape index (κ3) is 5.18. The van der Waals surface area contributed by atoms with E-state index < -0.39 is 6.04 Å². The number of hydrogen-bond donors (Lipinski definition) is 3. The maximum Gasteiger partial charge on any atom is 0.322 e. The van der Waals surface area contributed by atoms with Crippen LogP contribution in [0.25, 0.3) is 0 Å². The summed E-state index contributed by atoms with van der Waals surface area (Å²) in [5, 5.41) is 12.5. The Morgan fingerprint density at radius 1 is 1.33 bits per heavy atom. The molecule has 1 atom stereocenters. The van der Waals surface area contributed by atoms with Crippen molar-refractivity contribution >= 4 is 17.6 Å². The maximum absolute atomic E-state index is 11.9. The minimum absolute atomic E-state index is 0.0382. The van der Waals surface area contributed by atoms with Gasteiger partial charge in [0.05, 0.1) is 30.7 Å². The molecule has 0 radical (unpaired) electrons. The molecule has 1 unspecified atom stereocenters. The fourth-order valence-corrected chi connectivity index (χ4v) is 2.01. The quantitative estimate of drug-likeness (QED) is 0.656. The molecular formula is C14H24N4O3. The van der Waals surface area contributed by atoms with E-state index in [0.29, 0.717) is 18.0 Å². The fourth-order valence-electron chi connectivity index (χ4n) is 2.01. The zero-order valence-corrected chi connectivity index (χ0v) is 13.2. The van der Waals surface area contributed by atoms with Gasteiger partial charge in [0, 0.05) is 0 Å². The highest BCUT2D eigenvalue weighted by molar-refractivity contribution is 5.93. The number of anilines is 1. The minimum atomic E-state index is -0.479. The summed E-state index contributed by atoms with van der Waals surface area (Å²) in [5.74, 6) is -0.254. The first-order valence-corrected chi connectivity index (χ1v) is 6.97. The zero-order valence-electron chi connectivity index (χ0n) is 13.2. The largest absolute Gasteiger partial charge is 0.468 e. The summed E-state index contributed by atoms with van der Waals surface area (Å²) in [6.45, 7) is 7.70. The van der Waals surface area contributed by atoms with Crippen molar-refractivity contribution in [1.82, 2.24) is 15.5 Å². The third-order valence-corrected chi connectivity index (χ3v) is 3.09. The lowest BCUT2D eigenvalue weighted by molar-refractivity contribution is -0.143. The van der Waals surface area contributed by atoms with Crippen molar-refractivity contribution in [1.29, 1.82) is 0 Å². The van der Waals surface area contributed by atoms with Crippen LogP contribution in [0.4, 0.5) is 5.69 Å². The second kappa shape index (κ2) is 7.78. The normalized spacial score (nSPS) is 12.3. The van der Waals surface area contributed by atoms with Crippen LogP contribution in [0.5, 0.6) is 0 Å². The van der Waals surface area contributed by atoms with Crippen molar-refractivity contribution in [2.45, 2.75) is 40.2 Å². The lowest BCUT2D eigenvalue weighted by Crippen LogP contribution is -2.42. The molecule has 0 aromatic carbocycles. The predicted octanol–water partition coefficient (Wildman–Crippen LogP) is 1.14. The summed E-state index contributed by atoms with van der Waals surface area (Å²) >= 11 is 0. The van der Waals surface area contributed by atoms with Crippen LogP contribution in [0.1, 0.15) is 31.7 Å². The van der Waals surface area contributed by atoms with Crippen LogP contribution in [0, 0.1) is 19.8 Å². The molecule has 0 fully saturated rings. The Hall–Kier alpha value is -1.89. The van der Waals surface area contributed by atoms with E-state index in [9.17, 15) is 9.59 Å². The van der Waals surface area contributed by atoms with Gasteiger partial charge in [0.15, 0.2) is 0 Å². The molecule has 1 amide bonds. The molecule has 7 heteroatoms. The second-order valence-corrected chi connectivity index (χ2v) is 5.44. The molecule has 1 aromatic rings. The average molecular weight is 296 g/mol. The van der Waals surface area contributed by atoms with Gasteiger partial charge in [0.1, 0.15) is 6.04 Å². The monoisotopic (exact) mass is 296 g/mol. The van der Waals surface area contributed by atoms with Crippen molar-refractivity contribution < 1.29 is 14.3 Å². The van der Waals surface area contributed by atoms with Crippen molar-refractivity contribution in [3.05, 3.63) is 11.4 Å². The molecule has 0 saturated heterocycles. The first kappa shape index (κ1) is 17.2. The van der Waals surface area contributed by atoms with Gasteiger partial charge in [-0.2, -0.15) is 5.10 Å². The number of aromatic nitrogens is 2. The van der Waals surface area contributed by atoms with Crippen LogP contribution < -0.4 is 10.6 Å². The van der Waals surface area contributed by atoms with Gasteiger partial charge < -0.3 is 10.1 Å². The summed E-state index contributed by atoms with van der Waals surface area (Å²) < 4.78 is 4.74. The highest BCUT2D eigenvalue weighted by atomic mass is 16.5. The number of carbonyl (C=O) groups excluding carboxylic acids is 2. The number of rotatable bonds is 7. The number of nitrogens with zero attached hydrogens (tertiary/aromatic N) is 1. The van der Waals surface area contributed by atoms with Gasteiger partial charge in [0.2, 0.25) is 5.91 Å². The summed E-state index contributed by atoms with van der Waals surface area (Å²) in [6.07, 6.45) is 0.615. The Labute approximate surface area is 124 Å². The van der Waals surface area contributed by atoms with Gasteiger partial charge in [-0.1, -0.05) is 13.8 Å². The molecule has 21 heavy (non-hydrogen) atoms. The van der Waals surface area contributed by atoms with Crippen LogP contribution in [0.2, 0.25) is 0 Å². The van der Waals surface area contributed by atoms with E-state index in [0.717, 1.165) is 11.4 Å². The van der Waals surface area contributed by atoms with E-state index in [1.165, 1.54) is 7.11 Å². The first-order valence-electron chi connectivity index (χ1n) is 6.97. The molecule has 7 nitrogen and oxygen atoms in total. The SMILES string of the molecule is COC(=O)C(CC(C)C)NCC(=O)Nc1c(C)n[nH]c1C. The molecule has 0 aliphatic heterocycles. The van der Waals surface area contributed by atoms with Gasteiger partial charge in [-0.25, -0.2) is 0 Å². The zero-order chi connectivity index (χ0) is 16.0. The molecule has 0 aliphatic rings. The lowest BCUT2D eigenvalue weighted by atomic mass is 10.0. The number of ether oxygens (including phenoxy) is 1. The Balaban J connectivity index is 2.55. The van der Waals surface area contributed by atoms with E-state index in [4.69, 9.17) is 4.74 Å². The topological polar surface area (TPSA) is 96.1 Å². The molecule has 0 bridgehead atoms. The Kier molecular flexibility index (Phi) is 6.36. The average Bonchev–Trinajstić information content (AvgIpc) is 2.74. The predicted molar refractivity (Wildman–Crippen MR) is 80.0 cm³/mol. The van der Waals surface area contributed by atoms with Gasteiger partial charge in [-0.3, -0.25) is 20.0 Å². The summed E-state index contributed by atoms with van der Waals surface area (Å²) in [7, 11) is 1.34. The Morgan fingerprint density at radius 3 is 2.48 bits per heavy atom. The standard InChI is InChI=1S/C14H24N4O3/c1-8(2)6-11(14(20)21-5)15-7-12(19)16-13-9(3)17-18-10(13)4/h8,11,15H,6-7H2,1-5H3,(H,16,19)(H,17,18). The molecule has 3 N–H and O–H groups in total. The van der Waals surface area contributed by atoms with Gasteiger partial charge in [0.25, 0.3) is 0 Å². The van der Waals surface area contributed by atoms with E-state index in [2.05, 4.69) is 20.8 Å². The third-order valence-electron chi connectivity index (χ3n) is 3.09. The van der Waals surface area contributed by atoms with E-state index in [-0.39, 0.29) is 18.4 Å². The number of hydrogen-bond acceptors (Lipinski definition) is 5. The number of esters is 1. The van der Waals surface area contributed by atoms with Crippen LogP contribution in [-0.4, -0.2) is 41.8 Å². The highest BCUT2D eigenvalue weighted by Gasteiger charge is 2.21. The van der Waals surface area contributed by atoms with Crippen molar-refractivity contribution in [3.63, 3.8) is 0 Å². The maximum atomic E-state index is 11.9. The highest BCUT2D eigenvalue weighted by Crippen LogP contribution is 2.15. The van der Waals surface area contributed by atoms with Gasteiger partial charge >= 0.3 is 5.97 Å². The van der Waals surface area contributed by atoms with Crippen LogP contribution >= 0.6 is 0 Å². The number of methoxy groups -OCH3 is 1. The Morgan fingerprint density at radius 2 is 2.00 bits per heavy atom. The number of H-pyrrole nitrogens is 1. The summed E-state index contributed by atoms with van der Waals surface area (Å²) in [6, 6.07) is -0.479. The first-order chi connectivity index (χ1) is 9.85. The summed E-state index contributed by atoms with van der Waals surface area (Å²) in [5.41, 5.74) is 2.21. The molecule has 1 heterocycles. The van der Waals surface area contributed by atoms with E-state index in [1.54, 1.807) is 0 Å². The van der Waals surface area contributed by atoms with Crippen molar-refractivity contribution in [3.8, 4) is 0 Å². The fraction of sp³-hybridized carbons (Fsp3) is 0.643. The van der Waals surface area contributed by atoms with Crippen LogP contribution in [0.15, 0.2) is 0 Å². The van der Waals surface area contributed by atoms with Crippen molar-refractivity contribution in [2.75, 3.05) is 19.0 Å². The molecule has 0 saturated carbocycles. The molecule has 0 spiro atoms. The van der Waals surface area contributed by atoms with E-state index >= 15 is 0 Å². The van der Waals surface area contributed by atoms with Crippen LogP contribution in [0.3, 0.4) is 0 Å². The molecule has 1 aromatic heterocycles. The number of nitrogens with one attached hydrogen (secondary N) is 3. The summed E-state index contributed by atoms with van der Waals surface area (Å²) in [4.78, 5) is 23.6. The van der Waals surface area contributed by atoms with Crippen LogP contribution in [-0.2, 0) is 14.3 Å². The smallest absolute Gasteiger partial charge is 0.322 e. The lowest BCUT2D eigenvalue weighted by Gasteiger charge is -2.18. The molecule has 1 rings (SSSR count). The molecule has 118 valence electrons. The van der Waals surface area contributed by atoms with E-state index in [1.807, 2.05) is 27.7 Å². The number of aromatic amines is 1. The van der Waals surface area contributed by atoms with Gasteiger partial charge in [-0.15, -0.1) is 0 Å². The van der Waals surface area contributed by atoms with Crippen molar-refractivity contribution in [2.24, 2.45) is 5.92 Å². The number of amides is 1. The minimum Gasteiger partial charge on any atom is -0.468 e. The number of aryl methyl sites for hydroxylation is 2. The second-order valence-electron chi connectivity index (χ2n) is 5.44. The van der Waals surface area contributed by atoms with Gasteiger partial charge in [-0.05, 0) is 26.2 Å². The number of carbonyl (C=O) groups is 2. The molecular weight excluding hydrogens is 272 g/mol. The molecule has 0 aliphatic carbocycles.